The lowest BCUT2D eigenvalue weighted by molar-refractivity contribution is 0.0690. The number of benzene rings is 1. The van der Waals surface area contributed by atoms with Gasteiger partial charge >= 0.3 is 5.97 Å². The summed E-state index contributed by atoms with van der Waals surface area (Å²) in [7, 11) is 0. The van der Waals surface area contributed by atoms with Gasteiger partial charge in [-0.2, -0.15) is 0 Å². The van der Waals surface area contributed by atoms with Crippen molar-refractivity contribution in [2.75, 3.05) is 5.32 Å². The molecule has 0 bridgehead atoms. The number of aromatic carboxylic acids is 1. The molecule has 5 heteroatoms. The van der Waals surface area contributed by atoms with Crippen molar-refractivity contribution >= 4 is 11.7 Å². The monoisotopic (exact) mass is 255 g/mol. The second kappa shape index (κ2) is 4.92. The minimum absolute atomic E-state index is 0.0249. The Hall–Kier alpha value is -1.65. The molecule has 0 aromatic heterocycles. The Morgan fingerprint density at radius 3 is 2.56 bits per heavy atom. The molecule has 1 fully saturated rings. The predicted octanol–water partition coefficient (Wildman–Crippen LogP) is 3.26. The van der Waals surface area contributed by atoms with Crippen molar-refractivity contribution in [3.8, 4) is 0 Å². The van der Waals surface area contributed by atoms with Gasteiger partial charge in [-0.15, -0.1) is 0 Å². The molecule has 3 nitrogen and oxygen atoms in total. The van der Waals surface area contributed by atoms with Crippen molar-refractivity contribution in [3.63, 3.8) is 0 Å². The molecule has 0 heterocycles. The third-order valence-corrected chi connectivity index (χ3v) is 3.55. The van der Waals surface area contributed by atoms with Crippen molar-refractivity contribution < 1.29 is 18.7 Å². The number of hydrogen-bond donors (Lipinski definition) is 2. The van der Waals surface area contributed by atoms with Crippen LogP contribution in [0, 0.1) is 17.6 Å². The fraction of sp³-hybridized carbons (Fsp3) is 0.462. The van der Waals surface area contributed by atoms with Gasteiger partial charge in [0.05, 0.1) is 11.3 Å². The first-order chi connectivity index (χ1) is 8.50. The highest BCUT2D eigenvalue weighted by Gasteiger charge is 2.25. The lowest BCUT2D eigenvalue weighted by atomic mass is 9.80. The Kier molecular flexibility index (Phi) is 3.50. The van der Waals surface area contributed by atoms with Crippen molar-refractivity contribution in [1.29, 1.82) is 0 Å². The van der Waals surface area contributed by atoms with E-state index in [2.05, 4.69) is 5.32 Å². The lowest BCUT2D eigenvalue weighted by Gasteiger charge is -2.32. The second-order valence-corrected chi connectivity index (χ2v) is 4.72. The molecule has 1 aromatic carbocycles. The molecule has 0 radical (unpaired) electrons. The fourth-order valence-electron chi connectivity index (χ4n) is 2.13. The van der Waals surface area contributed by atoms with E-state index in [1.165, 1.54) is 12.5 Å². The smallest absolute Gasteiger partial charge is 0.338 e. The van der Waals surface area contributed by atoms with Crippen LogP contribution in [0.2, 0.25) is 0 Å². The molecule has 1 unspecified atom stereocenters. The third-order valence-electron chi connectivity index (χ3n) is 3.55. The lowest BCUT2D eigenvalue weighted by Crippen LogP contribution is -2.31. The van der Waals surface area contributed by atoms with E-state index in [1.54, 1.807) is 0 Å². The molecule has 0 aliphatic heterocycles. The standard InChI is InChI=1S/C13H15F2NO2/c1-7(8-3-2-4-8)16-10-6-5-9(13(17)18)11(14)12(10)15/h5-8,16H,2-4H2,1H3,(H,17,18). The first-order valence-electron chi connectivity index (χ1n) is 5.98. The fourth-order valence-corrected chi connectivity index (χ4v) is 2.13. The summed E-state index contributed by atoms with van der Waals surface area (Å²) in [5, 5.41) is 11.6. The average Bonchev–Trinajstić information content (AvgIpc) is 2.22. The van der Waals surface area contributed by atoms with Crippen LogP contribution in [0.15, 0.2) is 12.1 Å². The highest BCUT2D eigenvalue weighted by Crippen LogP contribution is 2.32. The van der Waals surface area contributed by atoms with Crippen LogP contribution in [0.3, 0.4) is 0 Å². The number of hydrogen-bond acceptors (Lipinski definition) is 2. The van der Waals surface area contributed by atoms with Gasteiger partial charge in [-0.1, -0.05) is 6.42 Å². The summed E-state index contributed by atoms with van der Waals surface area (Å²) in [6.45, 7) is 1.92. The molecule has 0 amide bonds. The zero-order chi connectivity index (χ0) is 13.3. The van der Waals surface area contributed by atoms with Crippen molar-refractivity contribution in [2.24, 2.45) is 5.92 Å². The molecule has 1 aromatic rings. The Labute approximate surface area is 104 Å². The van der Waals surface area contributed by atoms with Crippen molar-refractivity contribution in [1.82, 2.24) is 0 Å². The molecule has 1 aliphatic carbocycles. The van der Waals surface area contributed by atoms with Gasteiger partial charge in [0.1, 0.15) is 0 Å². The quantitative estimate of drug-likeness (QED) is 0.868. The maximum atomic E-state index is 13.7. The van der Waals surface area contributed by atoms with Gasteiger partial charge < -0.3 is 10.4 Å². The maximum absolute atomic E-state index is 13.7. The van der Waals surface area contributed by atoms with E-state index in [4.69, 9.17) is 5.11 Å². The van der Waals surface area contributed by atoms with Crippen molar-refractivity contribution in [2.45, 2.75) is 32.2 Å². The minimum atomic E-state index is -1.47. The summed E-state index contributed by atoms with van der Waals surface area (Å²) in [6.07, 6.45) is 3.35. The van der Waals surface area contributed by atoms with E-state index in [-0.39, 0.29) is 11.7 Å². The molecule has 2 rings (SSSR count). The van der Waals surface area contributed by atoms with E-state index < -0.39 is 23.2 Å². The van der Waals surface area contributed by atoms with Crippen LogP contribution in [0.25, 0.3) is 0 Å². The number of rotatable bonds is 4. The number of carboxylic acid groups (broad SMARTS) is 1. The van der Waals surface area contributed by atoms with E-state index in [1.807, 2.05) is 6.92 Å². The second-order valence-electron chi connectivity index (χ2n) is 4.72. The summed E-state index contributed by atoms with van der Waals surface area (Å²) in [5.74, 6) is -3.43. The average molecular weight is 255 g/mol. The zero-order valence-corrected chi connectivity index (χ0v) is 10.0. The summed E-state index contributed by atoms with van der Waals surface area (Å²) >= 11 is 0. The predicted molar refractivity (Wildman–Crippen MR) is 63.7 cm³/mol. The van der Waals surface area contributed by atoms with Crippen LogP contribution >= 0.6 is 0 Å². The van der Waals surface area contributed by atoms with Gasteiger partial charge in [0, 0.05) is 6.04 Å². The number of halogens is 2. The van der Waals surface area contributed by atoms with E-state index in [9.17, 15) is 13.6 Å². The molecule has 0 spiro atoms. The first-order valence-corrected chi connectivity index (χ1v) is 5.98. The summed E-state index contributed by atoms with van der Waals surface area (Å²) < 4.78 is 27.1. The van der Waals surface area contributed by atoms with Gasteiger partial charge in [0.15, 0.2) is 11.6 Å². The molecule has 0 saturated heterocycles. The highest BCUT2D eigenvalue weighted by molar-refractivity contribution is 5.88. The summed E-state index contributed by atoms with van der Waals surface area (Å²) in [6, 6.07) is 2.41. The van der Waals surface area contributed by atoms with Crippen LogP contribution < -0.4 is 5.32 Å². The molecule has 1 atom stereocenters. The molecule has 1 saturated carbocycles. The number of anilines is 1. The third kappa shape index (κ3) is 2.30. The topological polar surface area (TPSA) is 49.3 Å². The van der Waals surface area contributed by atoms with E-state index >= 15 is 0 Å². The molecule has 2 N–H and O–H groups in total. The van der Waals surface area contributed by atoms with Gasteiger partial charge in [-0.25, -0.2) is 13.6 Å². The van der Waals surface area contributed by atoms with E-state index in [0.717, 1.165) is 18.9 Å². The summed E-state index contributed by atoms with van der Waals surface area (Å²) in [5.41, 5.74) is -0.619. The number of nitrogens with one attached hydrogen (secondary N) is 1. The Morgan fingerprint density at radius 1 is 1.39 bits per heavy atom. The molecule has 18 heavy (non-hydrogen) atoms. The van der Waals surface area contributed by atoms with Crippen LogP contribution in [0.4, 0.5) is 14.5 Å². The number of carboxylic acids is 1. The largest absolute Gasteiger partial charge is 0.478 e. The Morgan fingerprint density at radius 2 is 2.06 bits per heavy atom. The highest BCUT2D eigenvalue weighted by atomic mass is 19.2. The van der Waals surface area contributed by atoms with Gasteiger partial charge in [0.2, 0.25) is 0 Å². The van der Waals surface area contributed by atoms with Gasteiger partial charge in [-0.05, 0) is 37.8 Å². The van der Waals surface area contributed by atoms with Gasteiger partial charge in [-0.3, -0.25) is 0 Å². The Balaban J connectivity index is 2.18. The molecular formula is C13H15F2NO2. The van der Waals surface area contributed by atoms with Crippen LogP contribution in [-0.2, 0) is 0 Å². The number of carbonyl (C=O) groups is 1. The zero-order valence-electron chi connectivity index (χ0n) is 10.0. The van der Waals surface area contributed by atoms with Crippen LogP contribution in [-0.4, -0.2) is 17.1 Å². The van der Waals surface area contributed by atoms with Crippen molar-refractivity contribution in [3.05, 3.63) is 29.3 Å². The van der Waals surface area contributed by atoms with Crippen LogP contribution in [0.5, 0.6) is 0 Å². The van der Waals surface area contributed by atoms with Crippen LogP contribution in [0.1, 0.15) is 36.5 Å². The Bertz CT molecular complexity index is 472. The van der Waals surface area contributed by atoms with Gasteiger partial charge in [0.25, 0.3) is 0 Å². The first kappa shape index (κ1) is 12.8. The minimum Gasteiger partial charge on any atom is -0.478 e. The summed E-state index contributed by atoms with van der Waals surface area (Å²) in [4.78, 5) is 10.6. The SMILES string of the molecule is CC(Nc1ccc(C(=O)O)c(F)c1F)C1CCC1. The molecular weight excluding hydrogens is 240 g/mol. The van der Waals surface area contributed by atoms with E-state index in [0.29, 0.717) is 5.92 Å². The maximum Gasteiger partial charge on any atom is 0.338 e. The molecule has 98 valence electrons. The normalized spacial score (nSPS) is 17.1. The molecule has 1 aliphatic rings.